The third kappa shape index (κ3) is 5.31. The van der Waals surface area contributed by atoms with Crippen molar-refractivity contribution in [2.24, 2.45) is 0 Å². The van der Waals surface area contributed by atoms with Crippen LogP contribution in [0.4, 0.5) is 11.4 Å². The zero-order valence-electron chi connectivity index (χ0n) is 36.2. The number of rotatable bonds is 5. The van der Waals surface area contributed by atoms with Crippen molar-refractivity contribution >= 4 is 98.9 Å². The number of nitrogens with zero attached hydrogens (tertiary/aromatic N) is 4. The molecule has 14 aromatic rings. The first-order valence-corrected chi connectivity index (χ1v) is 22.6. The van der Waals surface area contributed by atoms with Crippen molar-refractivity contribution in [3.63, 3.8) is 0 Å². The third-order valence-electron chi connectivity index (χ3n) is 13.7. The Morgan fingerprint density at radius 2 is 0.721 bits per heavy atom. The molecule has 0 N–H and O–H groups in total. The van der Waals surface area contributed by atoms with E-state index in [1.807, 2.05) is 66.7 Å². The van der Waals surface area contributed by atoms with Gasteiger partial charge in [-0.25, -0.2) is 9.69 Å². The van der Waals surface area contributed by atoms with E-state index in [1.54, 1.807) is 6.07 Å². The average molecular weight is 867 g/mol. The number of aromatic nitrogens is 2. The van der Waals surface area contributed by atoms with Crippen LogP contribution >= 0.6 is 0 Å². The SMILES string of the molecule is [C-]#[N+]c1cc([N+]#[C-])c(-n2c3ccc(-c4ccccc4)cc3c3c4oc5ccccc5c4ccc32)c(-c2ccccc2)c1-n1c2ccc(-c3ccccc3)cc2c2c3oc4ccccc4c3ccc21. The van der Waals surface area contributed by atoms with Gasteiger partial charge in [0.25, 0.3) is 0 Å². The number of para-hydroxylation sites is 2. The molecule has 0 saturated carbocycles. The fourth-order valence-corrected chi connectivity index (χ4v) is 10.8. The Kier molecular flexibility index (Phi) is 8.01. The quantitative estimate of drug-likeness (QED) is 0.162. The first kappa shape index (κ1) is 37.7. The third-order valence-corrected chi connectivity index (χ3v) is 13.7. The number of benzene rings is 10. The molecule has 0 aliphatic heterocycles. The highest BCUT2D eigenvalue weighted by Gasteiger charge is 2.29. The van der Waals surface area contributed by atoms with Crippen molar-refractivity contribution in [2.45, 2.75) is 0 Å². The second-order valence-electron chi connectivity index (χ2n) is 17.3. The van der Waals surface area contributed by atoms with Gasteiger partial charge in [0.2, 0.25) is 11.4 Å². The summed E-state index contributed by atoms with van der Waals surface area (Å²) in [6.45, 7) is 17.8. The van der Waals surface area contributed by atoms with Gasteiger partial charge in [0.15, 0.2) is 0 Å². The maximum absolute atomic E-state index is 8.91. The Bertz CT molecular complexity index is 4230. The summed E-state index contributed by atoms with van der Waals surface area (Å²) in [5.74, 6) is 0. The van der Waals surface area contributed by atoms with Crippen LogP contribution in [-0.4, -0.2) is 9.13 Å². The maximum atomic E-state index is 8.91. The smallest absolute Gasteiger partial charge is 0.201 e. The molecule has 314 valence electrons. The molecule has 0 aliphatic carbocycles. The molecule has 0 bridgehead atoms. The molecule has 0 atom stereocenters. The normalized spacial score (nSPS) is 11.8. The highest BCUT2D eigenvalue weighted by atomic mass is 16.3. The summed E-state index contributed by atoms with van der Waals surface area (Å²) in [7, 11) is 0. The summed E-state index contributed by atoms with van der Waals surface area (Å²) in [6.07, 6.45) is 0. The van der Waals surface area contributed by atoms with Gasteiger partial charge in [0, 0.05) is 37.9 Å². The van der Waals surface area contributed by atoms with E-state index in [-0.39, 0.29) is 0 Å². The summed E-state index contributed by atoms with van der Waals surface area (Å²) in [4.78, 5) is 8.59. The Morgan fingerprint density at radius 1 is 0.324 bits per heavy atom. The van der Waals surface area contributed by atoms with Gasteiger partial charge >= 0.3 is 0 Å². The summed E-state index contributed by atoms with van der Waals surface area (Å²) >= 11 is 0. The van der Waals surface area contributed by atoms with E-state index in [1.165, 1.54) is 0 Å². The second-order valence-corrected chi connectivity index (χ2v) is 17.3. The molecule has 0 radical (unpaired) electrons. The summed E-state index contributed by atoms with van der Waals surface area (Å²) in [5.41, 5.74) is 14.8. The average Bonchev–Trinajstić information content (AvgIpc) is 4.16. The molecule has 0 amide bonds. The summed E-state index contributed by atoms with van der Waals surface area (Å²) < 4.78 is 18.1. The van der Waals surface area contributed by atoms with Crippen LogP contribution in [0.1, 0.15) is 0 Å². The van der Waals surface area contributed by atoms with Crippen LogP contribution in [0.2, 0.25) is 0 Å². The molecular formula is C62H34N4O2. The molecule has 0 aliphatic rings. The standard InChI is InChI=1S/C62H34N4O2/c1-63-48-36-49(64-2)60(66-51-31-27-41(38-18-8-4-9-19-38)35-47(51)58-53(66)33-29-45-43-23-13-15-25-55(43)68-62(45)58)56(39-20-10-5-11-21-39)59(48)65-50-30-26-40(37-16-6-3-7-17-37)34-46(50)57-52(65)32-28-44-42-22-12-14-24-54(42)67-61(44)57/h3-36H. The predicted octanol–water partition coefficient (Wildman–Crippen LogP) is 17.8. The predicted molar refractivity (Wildman–Crippen MR) is 279 cm³/mol. The van der Waals surface area contributed by atoms with Crippen molar-refractivity contribution in [3.8, 4) is 44.8 Å². The highest BCUT2D eigenvalue weighted by Crippen LogP contribution is 2.52. The van der Waals surface area contributed by atoms with Crippen LogP contribution in [-0.2, 0) is 0 Å². The van der Waals surface area contributed by atoms with Gasteiger partial charge in [-0.2, -0.15) is 0 Å². The zero-order valence-corrected chi connectivity index (χ0v) is 36.2. The molecule has 14 rings (SSSR count). The lowest BCUT2D eigenvalue weighted by atomic mass is 9.97. The van der Waals surface area contributed by atoms with Gasteiger partial charge in [-0.15, -0.1) is 0 Å². The number of hydrogen-bond donors (Lipinski definition) is 0. The van der Waals surface area contributed by atoms with E-state index < -0.39 is 0 Å². The van der Waals surface area contributed by atoms with Crippen LogP contribution in [0.25, 0.3) is 142 Å². The van der Waals surface area contributed by atoms with Crippen LogP contribution in [0.5, 0.6) is 0 Å². The minimum atomic E-state index is 0.362. The minimum absolute atomic E-state index is 0.362. The Balaban J connectivity index is 1.17. The van der Waals surface area contributed by atoms with Crippen molar-refractivity contribution in [2.75, 3.05) is 0 Å². The molecular weight excluding hydrogens is 833 g/mol. The molecule has 10 aromatic carbocycles. The van der Waals surface area contributed by atoms with Crippen LogP contribution < -0.4 is 0 Å². The molecule has 0 saturated heterocycles. The fourth-order valence-electron chi connectivity index (χ4n) is 10.8. The lowest BCUT2D eigenvalue weighted by molar-refractivity contribution is 0.672. The first-order chi connectivity index (χ1) is 33.7. The number of hydrogen-bond acceptors (Lipinski definition) is 2. The van der Waals surface area contributed by atoms with E-state index in [0.717, 1.165) is 121 Å². The Labute approximate surface area is 389 Å². The van der Waals surface area contributed by atoms with Gasteiger partial charge in [0.1, 0.15) is 22.3 Å². The Morgan fingerprint density at radius 3 is 1.16 bits per heavy atom. The minimum Gasteiger partial charge on any atom is -0.455 e. The first-order valence-electron chi connectivity index (χ1n) is 22.6. The second kappa shape index (κ2) is 14.4. The topological polar surface area (TPSA) is 44.9 Å². The molecule has 6 heteroatoms. The molecule has 0 fully saturated rings. The fraction of sp³-hybridized carbons (Fsp3) is 0. The van der Waals surface area contributed by atoms with Gasteiger partial charge in [-0.1, -0.05) is 140 Å². The highest BCUT2D eigenvalue weighted by molar-refractivity contribution is 6.26. The van der Waals surface area contributed by atoms with Gasteiger partial charge in [-0.05, 0) is 94.5 Å². The molecule has 4 heterocycles. The van der Waals surface area contributed by atoms with Crippen molar-refractivity contribution < 1.29 is 8.83 Å². The Hall–Kier alpha value is -9.62. The van der Waals surface area contributed by atoms with Gasteiger partial charge in [-0.3, -0.25) is 0 Å². The molecule has 4 aromatic heterocycles. The number of furan rings is 2. The maximum Gasteiger partial charge on any atom is 0.201 e. The molecule has 68 heavy (non-hydrogen) atoms. The van der Waals surface area contributed by atoms with Crippen LogP contribution in [0.15, 0.2) is 215 Å². The van der Waals surface area contributed by atoms with Crippen molar-refractivity contribution in [3.05, 3.63) is 229 Å². The van der Waals surface area contributed by atoms with Crippen molar-refractivity contribution in [1.29, 1.82) is 0 Å². The van der Waals surface area contributed by atoms with E-state index in [9.17, 15) is 0 Å². The van der Waals surface area contributed by atoms with E-state index >= 15 is 0 Å². The van der Waals surface area contributed by atoms with Gasteiger partial charge < -0.3 is 18.0 Å². The van der Waals surface area contributed by atoms with Gasteiger partial charge in [0.05, 0.1) is 57.4 Å². The van der Waals surface area contributed by atoms with Crippen molar-refractivity contribution in [1.82, 2.24) is 9.13 Å². The lowest BCUT2D eigenvalue weighted by Crippen LogP contribution is -2.04. The van der Waals surface area contributed by atoms with Crippen LogP contribution in [0.3, 0.4) is 0 Å². The monoisotopic (exact) mass is 866 g/mol. The summed E-state index contributed by atoms with van der Waals surface area (Å²) in [5, 5.41) is 8.02. The largest absolute Gasteiger partial charge is 0.455 e. The number of fused-ring (bicyclic) bond motifs is 14. The van der Waals surface area contributed by atoms with E-state index in [2.05, 4.69) is 152 Å². The molecule has 0 unspecified atom stereocenters. The zero-order chi connectivity index (χ0) is 45.0. The lowest BCUT2D eigenvalue weighted by Gasteiger charge is -2.23. The van der Waals surface area contributed by atoms with Crippen LogP contribution in [0, 0.1) is 13.1 Å². The molecule has 0 spiro atoms. The van der Waals surface area contributed by atoms with E-state index in [4.69, 9.17) is 22.0 Å². The summed E-state index contributed by atoms with van der Waals surface area (Å²) in [6, 6.07) is 70.9. The molecule has 6 nitrogen and oxygen atoms in total. The van der Waals surface area contributed by atoms with E-state index in [0.29, 0.717) is 22.7 Å².